The molecule has 0 bridgehead atoms. The molecule has 152 valence electrons. The monoisotopic (exact) mass is 410 g/mol. The van der Waals surface area contributed by atoms with Gasteiger partial charge in [-0.3, -0.25) is 4.79 Å². The molecule has 3 rings (SSSR count). The number of para-hydroxylation sites is 1. The first-order chi connectivity index (χ1) is 14.0. The smallest absolute Gasteiger partial charge is 0.234 e. The topological polar surface area (TPSA) is 69.0 Å². The Kier molecular flexibility index (Phi) is 6.93. The number of methoxy groups -OCH3 is 1. The van der Waals surface area contributed by atoms with Gasteiger partial charge in [0.1, 0.15) is 5.75 Å². The van der Waals surface area contributed by atoms with E-state index >= 15 is 0 Å². The van der Waals surface area contributed by atoms with Crippen LogP contribution in [0.25, 0.3) is 11.4 Å². The molecular weight excluding hydrogens is 384 g/mol. The number of rotatable bonds is 8. The van der Waals surface area contributed by atoms with E-state index < -0.39 is 0 Å². The lowest BCUT2D eigenvalue weighted by molar-refractivity contribution is -0.113. The number of carbonyl (C=O) groups excluding carboxylic acids is 1. The zero-order valence-electron chi connectivity index (χ0n) is 17.2. The lowest BCUT2D eigenvalue weighted by atomic mass is 9.97. The molecule has 0 fully saturated rings. The standard InChI is InChI=1S/C22H26N4O2S/c1-5-15(2)18-8-6-7-9-19(18)23-20(27)14-29-22-25-24-21(26(22)3)16-10-12-17(28-4)13-11-16/h6-13,15H,5,14H2,1-4H3,(H,23,27)/t15-/m0/s1. The van der Waals surface area contributed by atoms with Crippen LogP contribution in [0.1, 0.15) is 31.7 Å². The number of nitrogens with one attached hydrogen (secondary N) is 1. The van der Waals surface area contributed by atoms with Crippen molar-refractivity contribution in [1.82, 2.24) is 14.8 Å². The second kappa shape index (κ2) is 9.60. The van der Waals surface area contributed by atoms with Gasteiger partial charge in [0.2, 0.25) is 5.91 Å². The van der Waals surface area contributed by atoms with Crippen molar-refractivity contribution < 1.29 is 9.53 Å². The SMILES string of the molecule is CC[C@H](C)c1ccccc1NC(=O)CSc1nnc(-c2ccc(OC)cc2)n1C. The van der Waals surface area contributed by atoms with Crippen LogP contribution in [0.4, 0.5) is 5.69 Å². The summed E-state index contributed by atoms with van der Waals surface area (Å²) in [6, 6.07) is 15.6. The Bertz CT molecular complexity index is 969. The number of amides is 1. The first kappa shape index (κ1) is 20.9. The van der Waals surface area contributed by atoms with E-state index in [-0.39, 0.29) is 11.7 Å². The third-order valence-corrected chi connectivity index (χ3v) is 5.91. The predicted molar refractivity (Wildman–Crippen MR) is 117 cm³/mol. The maximum absolute atomic E-state index is 12.5. The highest BCUT2D eigenvalue weighted by atomic mass is 32.2. The largest absolute Gasteiger partial charge is 0.497 e. The number of thioether (sulfide) groups is 1. The molecule has 0 radical (unpaired) electrons. The molecule has 0 aliphatic carbocycles. The lowest BCUT2D eigenvalue weighted by Crippen LogP contribution is -2.16. The number of aromatic nitrogens is 3. The van der Waals surface area contributed by atoms with Crippen molar-refractivity contribution in [3.05, 3.63) is 54.1 Å². The molecule has 0 unspecified atom stereocenters. The molecule has 0 saturated heterocycles. The summed E-state index contributed by atoms with van der Waals surface area (Å²) < 4.78 is 7.09. The van der Waals surface area contributed by atoms with Gasteiger partial charge in [0.15, 0.2) is 11.0 Å². The van der Waals surface area contributed by atoms with Crippen molar-refractivity contribution in [1.29, 1.82) is 0 Å². The molecule has 7 heteroatoms. The van der Waals surface area contributed by atoms with Crippen molar-refractivity contribution in [2.75, 3.05) is 18.2 Å². The zero-order chi connectivity index (χ0) is 20.8. The van der Waals surface area contributed by atoms with E-state index in [4.69, 9.17) is 4.74 Å². The van der Waals surface area contributed by atoms with Crippen LogP contribution < -0.4 is 10.1 Å². The molecule has 0 spiro atoms. The van der Waals surface area contributed by atoms with E-state index in [0.29, 0.717) is 11.1 Å². The highest BCUT2D eigenvalue weighted by Gasteiger charge is 2.15. The number of carbonyl (C=O) groups is 1. The van der Waals surface area contributed by atoms with Crippen LogP contribution in [0.3, 0.4) is 0 Å². The second-order valence-corrected chi connectivity index (χ2v) is 7.77. The molecule has 29 heavy (non-hydrogen) atoms. The Hall–Kier alpha value is -2.80. The van der Waals surface area contributed by atoms with Crippen LogP contribution in [0.5, 0.6) is 5.75 Å². The summed E-state index contributed by atoms with van der Waals surface area (Å²) >= 11 is 1.37. The van der Waals surface area contributed by atoms with Crippen molar-refractivity contribution in [3.8, 4) is 17.1 Å². The van der Waals surface area contributed by atoms with Crippen LogP contribution in [-0.4, -0.2) is 33.5 Å². The van der Waals surface area contributed by atoms with Crippen molar-refractivity contribution in [3.63, 3.8) is 0 Å². The van der Waals surface area contributed by atoms with Crippen LogP contribution in [0.15, 0.2) is 53.7 Å². The summed E-state index contributed by atoms with van der Waals surface area (Å²) in [5.41, 5.74) is 2.98. The number of ether oxygens (including phenoxy) is 1. The quantitative estimate of drug-likeness (QED) is 0.544. The minimum Gasteiger partial charge on any atom is -0.497 e. The fourth-order valence-electron chi connectivity index (χ4n) is 3.01. The minimum atomic E-state index is -0.0558. The van der Waals surface area contributed by atoms with Gasteiger partial charge in [-0.25, -0.2) is 0 Å². The van der Waals surface area contributed by atoms with Gasteiger partial charge in [0, 0.05) is 18.3 Å². The minimum absolute atomic E-state index is 0.0558. The Balaban J connectivity index is 1.65. The van der Waals surface area contributed by atoms with E-state index in [2.05, 4.69) is 35.4 Å². The highest BCUT2D eigenvalue weighted by molar-refractivity contribution is 7.99. The summed E-state index contributed by atoms with van der Waals surface area (Å²) in [6.45, 7) is 4.31. The van der Waals surface area contributed by atoms with E-state index in [9.17, 15) is 4.79 Å². The first-order valence-electron chi connectivity index (χ1n) is 9.58. The molecule has 0 aliphatic rings. The summed E-state index contributed by atoms with van der Waals surface area (Å²) in [7, 11) is 3.54. The molecule has 0 aliphatic heterocycles. The Morgan fingerprint density at radius 1 is 1.17 bits per heavy atom. The van der Waals surface area contributed by atoms with Crippen LogP contribution in [-0.2, 0) is 11.8 Å². The average Bonchev–Trinajstić information content (AvgIpc) is 3.12. The zero-order valence-corrected chi connectivity index (χ0v) is 18.0. The van der Waals surface area contributed by atoms with E-state index in [1.807, 2.05) is 54.1 Å². The van der Waals surface area contributed by atoms with Crippen LogP contribution in [0.2, 0.25) is 0 Å². The third-order valence-electron chi connectivity index (χ3n) is 4.89. The second-order valence-electron chi connectivity index (χ2n) is 6.83. The van der Waals surface area contributed by atoms with E-state index in [1.54, 1.807) is 7.11 Å². The maximum atomic E-state index is 12.5. The van der Waals surface area contributed by atoms with Gasteiger partial charge in [0.05, 0.1) is 12.9 Å². The Morgan fingerprint density at radius 2 is 1.90 bits per heavy atom. The van der Waals surface area contributed by atoms with E-state index in [1.165, 1.54) is 11.8 Å². The van der Waals surface area contributed by atoms with Gasteiger partial charge >= 0.3 is 0 Å². The first-order valence-corrected chi connectivity index (χ1v) is 10.6. The average molecular weight is 411 g/mol. The Morgan fingerprint density at radius 3 is 2.59 bits per heavy atom. The van der Waals surface area contributed by atoms with Crippen LogP contribution >= 0.6 is 11.8 Å². The molecule has 1 heterocycles. The predicted octanol–water partition coefficient (Wildman–Crippen LogP) is 4.74. The van der Waals surface area contributed by atoms with E-state index in [0.717, 1.165) is 34.8 Å². The van der Waals surface area contributed by atoms with Gasteiger partial charge in [0.25, 0.3) is 0 Å². The fourth-order valence-corrected chi connectivity index (χ4v) is 3.72. The molecule has 1 amide bonds. The van der Waals surface area contributed by atoms with Gasteiger partial charge in [-0.2, -0.15) is 0 Å². The van der Waals surface area contributed by atoms with Crippen molar-refractivity contribution in [2.45, 2.75) is 31.3 Å². The maximum Gasteiger partial charge on any atom is 0.234 e. The highest BCUT2D eigenvalue weighted by Crippen LogP contribution is 2.27. The molecule has 6 nitrogen and oxygen atoms in total. The number of hydrogen-bond donors (Lipinski definition) is 1. The lowest BCUT2D eigenvalue weighted by Gasteiger charge is -2.15. The summed E-state index contributed by atoms with van der Waals surface area (Å²) in [5.74, 6) is 2.14. The van der Waals surface area contributed by atoms with Crippen molar-refractivity contribution >= 4 is 23.4 Å². The normalized spacial score (nSPS) is 11.9. The molecule has 1 aromatic heterocycles. The fraction of sp³-hybridized carbons (Fsp3) is 0.318. The molecule has 2 aromatic carbocycles. The van der Waals surface area contributed by atoms with Gasteiger partial charge in [-0.05, 0) is 48.2 Å². The number of hydrogen-bond acceptors (Lipinski definition) is 5. The Labute approximate surface area is 175 Å². The number of anilines is 1. The summed E-state index contributed by atoms with van der Waals surface area (Å²) in [4.78, 5) is 12.5. The molecule has 1 atom stereocenters. The molecule has 1 N–H and O–H groups in total. The summed E-state index contributed by atoms with van der Waals surface area (Å²) in [5, 5.41) is 12.2. The van der Waals surface area contributed by atoms with Gasteiger partial charge < -0.3 is 14.6 Å². The summed E-state index contributed by atoms with van der Waals surface area (Å²) in [6.07, 6.45) is 1.02. The van der Waals surface area contributed by atoms with Crippen molar-refractivity contribution in [2.24, 2.45) is 7.05 Å². The molecule has 3 aromatic rings. The number of benzene rings is 2. The number of nitrogens with zero attached hydrogens (tertiary/aromatic N) is 3. The molecule has 0 saturated carbocycles. The third kappa shape index (κ3) is 4.98. The molecular formula is C22H26N4O2S. The van der Waals surface area contributed by atoms with Crippen LogP contribution in [0, 0.1) is 0 Å². The van der Waals surface area contributed by atoms with Gasteiger partial charge in [-0.1, -0.05) is 43.8 Å². The van der Waals surface area contributed by atoms with Gasteiger partial charge in [-0.15, -0.1) is 10.2 Å².